The Kier molecular flexibility index (Phi) is 3.78. The molecule has 3 nitrogen and oxygen atoms in total. The summed E-state index contributed by atoms with van der Waals surface area (Å²) >= 11 is 1.45. The van der Waals surface area contributed by atoms with Gasteiger partial charge in [0.15, 0.2) is 5.78 Å². The van der Waals surface area contributed by atoms with Gasteiger partial charge in [-0.15, -0.1) is 11.8 Å². The van der Waals surface area contributed by atoms with Crippen LogP contribution < -0.4 is 0 Å². The third-order valence-corrected chi connectivity index (χ3v) is 2.86. The van der Waals surface area contributed by atoms with E-state index in [4.69, 9.17) is 10.2 Å². The van der Waals surface area contributed by atoms with Gasteiger partial charge in [0.2, 0.25) is 0 Å². The molecule has 0 aliphatic heterocycles. The summed E-state index contributed by atoms with van der Waals surface area (Å²) in [7, 11) is 0. The molecule has 2 N–H and O–H groups in total. The highest BCUT2D eigenvalue weighted by molar-refractivity contribution is 8.03. The standard InChI is InChI=1S/C8H12O3S/c9-4-7(11)5-12-8-2-1-6(10)3-8/h3,7,9,11H,1-2,4-5H2. The predicted octanol–water partition coefficient (Wildman–Crippen LogP) is 0.320. The number of ketones is 1. The number of allylic oxidation sites excluding steroid dienone is 2. The van der Waals surface area contributed by atoms with Crippen molar-refractivity contribution in [3.63, 3.8) is 0 Å². The van der Waals surface area contributed by atoms with Crippen LogP contribution in [0.2, 0.25) is 0 Å². The largest absolute Gasteiger partial charge is 0.394 e. The van der Waals surface area contributed by atoms with Gasteiger partial charge >= 0.3 is 0 Å². The van der Waals surface area contributed by atoms with Gasteiger partial charge in [-0.3, -0.25) is 4.79 Å². The molecule has 1 aliphatic carbocycles. The molecule has 0 spiro atoms. The van der Waals surface area contributed by atoms with Gasteiger partial charge in [-0.1, -0.05) is 0 Å². The maximum absolute atomic E-state index is 10.8. The number of carbonyl (C=O) groups is 1. The number of aliphatic hydroxyl groups excluding tert-OH is 2. The van der Waals surface area contributed by atoms with E-state index in [1.54, 1.807) is 6.08 Å². The molecule has 0 radical (unpaired) electrons. The monoisotopic (exact) mass is 188 g/mol. The van der Waals surface area contributed by atoms with Gasteiger partial charge in [0.1, 0.15) is 0 Å². The van der Waals surface area contributed by atoms with Crippen LogP contribution in [-0.4, -0.2) is 34.5 Å². The summed E-state index contributed by atoms with van der Waals surface area (Å²) < 4.78 is 0. The van der Waals surface area contributed by atoms with Crippen LogP contribution in [-0.2, 0) is 4.79 Å². The molecule has 1 atom stereocenters. The highest BCUT2D eigenvalue weighted by Crippen LogP contribution is 2.26. The first kappa shape index (κ1) is 9.77. The van der Waals surface area contributed by atoms with Crippen molar-refractivity contribution in [2.45, 2.75) is 18.9 Å². The van der Waals surface area contributed by atoms with Gasteiger partial charge in [0, 0.05) is 12.2 Å². The number of carbonyl (C=O) groups excluding carboxylic acids is 1. The Labute approximate surface area is 75.5 Å². The molecule has 0 fully saturated rings. The zero-order chi connectivity index (χ0) is 8.97. The molecule has 0 bridgehead atoms. The van der Waals surface area contributed by atoms with E-state index in [0.29, 0.717) is 12.2 Å². The number of aliphatic hydroxyl groups is 2. The molecular formula is C8H12O3S. The van der Waals surface area contributed by atoms with Crippen LogP contribution in [0.1, 0.15) is 12.8 Å². The summed E-state index contributed by atoms with van der Waals surface area (Å²) in [6, 6.07) is 0. The lowest BCUT2D eigenvalue weighted by atomic mass is 10.3. The van der Waals surface area contributed by atoms with Crippen LogP contribution in [0.15, 0.2) is 11.0 Å². The predicted molar refractivity (Wildman–Crippen MR) is 47.9 cm³/mol. The van der Waals surface area contributed by atoms with E-state index in [0.717, 1.165) is 11.3 Å². The number of thioether (sulfide) groups is 1. The van der Waals surface area contributed by atoms with Crippen molar-refractivity contribution in [1.29, 1.82) is 0 Å². The van der Waals surface area contributed by atoms with Gasteiger partial charge in [0.25, 0.3) is 0 Å². The second-order valence-electron chi connectivity index (χ2n) is 2.72. The molecule has 12 heavy (non-hydrogen) atoms. The third-order valence-electron chi connectivity index (χ3n) is 1.61. The fourth-order valence-corrected chi connectivity index (χ4v) is 1.91. The van der Waals surface area contributed by atoms with Crippen molar-refractivity contribution in [2.75, 3.05) is 12.4 Å². The first-order chi connectivity index (χ1) is 5.72. The second kappa shape index (κ2) is 4.64. The van der Waals surface area contributed by atoms with Crippen molar-refractivity contribution in [2.24, 2.45) is 0 Å². The van der Waals surface area contributed by atoms with Crippen molar-refractivity contribution < 1.29 is 15.0 Å². The quantitative estimate of drug-likeness (QED) is 0.667. The lowest BCUT2D eigenvalue weighted by Gasteiger charge is -2.05. The van der Waals surface area contributed by atoms with Gasteiger partial charge in [-0.2, -0.15) is 0 Å². The zero-order valence-corrected chi connectivity index (χ0v) is 7.51. The molecule has 0 heterocycles. The number of hydrogen-bond acceptors (Lipinski definition) is 4. The smallest absolute Gasteiger partial charge is 0.156 e. The summed E-state index contributed by atoms with van der Waals surface area (Å²) in [6.07, 6.45) is 2.33. The fourth-order valence-electron chi connectivity index (χ4n) is 0.940. The Hall–Kier alpha value is -0.320. The minimum atomic E-state index is -0.674. The topological polar surface area (TPSA) is 57.5 Å². The fraction of sp³-hybridized carbons (Fsp3) is 0.625. The molecule has 0 amide bonds. The van der Waals surface area contributed by atoms with Crippen molar-refractivity contribution in [3.8, 4) is 0 Å². The van der Waals surface area contributed by atoms with Crippen LogP contribution in [0.4, 0.5) is 0 Å². The Morgan fingerprint density at radius 2 is 2.33 bits per heavy atom. The molecule has 0 aromatic rings. The highest BCUT2D eigenvalue weighted by atomic mass is 32.2. The van der Waals surface area contributed by atoms with E-state index in [9.17, 15) is 4.79 Å². The van der Waals surface area contributed by atoms with Crippen LogP contribution >= 0.6 is 11.8 Å². The molecule has 68 valence electrons. The Morgan fingerprint density at radius 3 is 2.83 bits per heavy atom. The molecule has 0 saturated heterocycles. The van der Waals surface area contributed by atoms with Crippen molar-refractivity contribution in [1.82, 2.24) is 0 Å². The Morgan fingerprint density at radius 1 is 1.58 bits per heavy atom. The first-order valence-corrected chi connectivity index (χ1v) is 4.86. The third kappa shape index (κ3) is 2.97. The maximum Gasteiger partial charge on any atom is 0.156 e. The average molecular weight is 188 g/mol. The van der Waals surface area contributed by atoms with Crippen LogP contribution in [0.25, 0.3) is 0 Å². The summed E-state index contributed by atoms with van der Waals surface area (Å²) in [5.41, 5.74) is 0. The SMILES string of the molecule is O=C1C=C(SCC(O)CO)CC1. The summed E-state index contributed by atoms with van der Waals surface area (Å²) in [5.74, 6) is 0.631. The van der Waals surface area contributed by atoms with E-state index in [2.05, 4.69) is 0 Å². The van der Waals surface area contributed by atoms with Gasteiger partial charge in [-0.05, 0) is 17.4 Å². The van der Waals surface area contributed by atoms with Crippen LogP contribution in [0.3, 0.4) is 0 Å². The lowest BCUT2D eigenvalue weighted by Crippen LogP contribution is -2.14. The summed E-state index contributed by atoms with van der Waals surface area (Å²) in [4.78, 5) is 11.8. The molecular weight excluding hydrogens is 176 g/mol. The highest BCUT2D eigenvalue weighted by Gasteiger charge is 2.13. The van der Waals surface area contributed by atoms with Crippen molar-refractivity contribution in [3.05, 3.63) is 11.0 Å². The Bertz CT molecular complexity index is 200. The van der Waals surface area contributed by atoms with Gasteiger partial charge in [0.05, 0.1) is 12.7 Å². The van der Waals surface area contributed by atoms with Gasteiger partial charge < -0.3 is 10.2 Å². The molecule has 4 heteroatoms. The minimum absolute atomic E-state index is 0.163. The lowest BCUT2D eigenvalue weighted by molar-refractivity contribution is -0.114. The normalized spacial score (nSPS) is 19.5. The molecule has 1 aliphatic rings. The molecule has 0 aromatic heterocycles. The number of hydrogen-bond donors (Lipinski definition) is 2. The van der Waals surface area contributed by atoms with E-state index in [-0.39, 0.29) is 12.4 Å². The first-order valence-electron chi connectivity index (χ1n) is 3.87. The minimum Gasteiger partial charge on any atom is -0.394 e. The second-order valence-corrected chi connectivity index (χ2v) is 3.87. The van der Waals surface area contributed by atoms with E-state index < -0.39 is 6.10 Å². The molecule has 0 saturated carbocycles. The van der Waals surface area contributed by atoms with Crippen molar-refractivity contribution >= 4 is 17.5 Å². The molecule has 1 unspecified atom stereocenters. The van der Waals surface area contributed by atoms with E-state index in [1.165, 1.54) is 11.8 Å². The Balaban J connectivity index is 2.24. The van der Waals surface area contributed by atoms with Crippen LogP contribution in [0.5, 0.6) is 0 Å². The zero-order valence-electron chi connectivity index (χ0n) is 6.69. The molecule has 1 rings (SSSR count). The number of rotatable bonds is 4. The molecule has 0 aromatic carbocycles. The van der Waals surface area contributed by atoms with E-state index >= 15 is 0 Å². The van der Waals surface area contributed by atoms with Gasteiger partial charge in [-0.25, -0.2) is 0 Å². The maximum atomic E-state index is 10.8. The van der Waals surface area contributed by atoms with E-state index in [1.807, 2.05) is 0 Å². The summed E-state index contributed by atoms with van der Waals surface area (Å²) in [5, 5.41) is 17.5. The average Bonchev–Trinajstić information content (AvgIpc) is 2.47. The van der Waals surface area contributed by atoms with Crippen LogP contribution in [0, 0.1) is 0 Å². The summed E-state index contributed by atoms with van der Waals surface area (Å²) in [6.45, 7) is -0.214.